The molecule has 0 radical (unpaired) electrons. The van der Waals surface area contributed by atoms with Crippen LogP contribution in [0.2, 0.25) is 32.2 Å². The van der Waals surface area contributed by atoms with Crippen LogP contribution in [0.3, 0.4) is 0 Å². The van der Waals surface area contributed by atoms with Gasteiger partial charge in [0.1, 0.15) is 0 Å². The maximum atomic E-state index is 7.57. The van der Waals surface area contributed by atoms with E-state index < -0.39 is 24.5 Å². The molecule has 0 N–H and O–H groups in total. The highest BCUT2D eigenvalue weighted by atomic mass is 31.6. The van der Waals surface area contributed by atoms with Crippen LogP contribution in [0, 0.1) is 0 Å². The average molecular weight is 435 g/mol. The molecule has 0 bridgehead atoms. The van der Waals surface area contributed by atoms with Crippen LogP contribution in [0.1, 0.15) is 96.9 Å². The first kappa shape index (κ1) is 25.0. The highest BCUT2D eigenvalue weighted by Gasteiger charge is 2.71. The lowest BCUT2D eigenvalue weighted by molar-refractivity contribution is 0.275. The molecule has 26 heavy (non-hydrogen) atoms. The molecule has 0 aromatic rings. The highest BCUT2D eigenvalue weighted by molar-refractivity contribution is 8.07. The molecule has 1 rings (SSSR count). The minimum Gasteiger partial charge on any atom is -0.431 e. The number of hydrogen-bond acceptors (Lipinski definition) is 2. The number of rotatable bonds is 4. The maximum Gasteiger partial charge on any atom is 0.329 e. The van der Waals surface area contributed by atoms with Crippen LogP contribution in [0.15, 0.2) is 0 Å². The fourth-order valence-electron chi connectivity index (χ4n) is 4.97. The zero-order chi connectivity index (χ0) is 20.9. The standard InChI is InChI=1S/C20H47O2PSi3/c1-15(2)24(16(3)4)21-26(19(9,10)11,20(12,13)14)22-25(23-24,17(5)6)18(7)8/h15-18,23H,1-14H3. The van der Waals surface area contributed by atoms with Crippen LogP contribution in [0.25, 0.3) is 0 Å². The molecule has 1 heterocycles. The molecule has 0 atom stereocenters. The Morgan fingerprint density at radius 2 is 0.769 bits per heavy atom. The Morgan fingerprint density at radius 1 is 0.538 bits per heavy atom. The van der Waals surface area contributed by atoms with Crippen LogP contribution < -0.4 is 0 Å². The zero-order valence-electron chi connectivity index (χ0n) is 20.1. The predicted octanol–water partition coefficient (Wildman–Crippen LogP) is 8.28. The molecule has 1 saturated heterocycles. The van der Waals surface area contributed by atoms with Crippen molar-refractivity contribution >= 4 is 32.2 Å². The molecule has 0 amide bonds. The fraction of sp³-hybridized carbons (Fsp3) is 1.00. The molecule has 1 aliphatic heterocycles. The van der Waals surface area contributed by atoms with Gasteiger partial charge in [-0.2, -0.15) is 0 Å². The van der Waals surface area contributed by atoms with Crippen molar-refractivity contribution in [2.24, 2.45) is 0 Å². The second kappa shape index (κ2) is 7.68. The molecular formula is C20H47O2PSi3. The topological polar surface area (TPSA) is 18.5 Å². The van der Waals surface area contributed by atoms with Gasteiger partial charge in [-0.15, -0.1) is 0 Å². The number of hydrogen-bond donors (Lipinski definition) is 0. The van der Waals surface area contributed by atoms with E-state index in [9.17, 15) is 0 Å². The summed E-state index contributed by atoms with van der Waals surface area (Å²) in [5, 5.41) is 0.139. The van der Waals surface area contributed by atoms with Crippen molar-refractivity contribution in [2.75, 3.05) is 0 Å². The van der Waals surface area contributed by atoms with Gasteiger partial charge in [0.2, 0.25) is 16.0 Å². The molecule has 0 saturated carbocycles. The summed E-state index contributed by atoms with van der Waals surface area (Å²) in [4.78, 5) is 0. The lowest BCUT2D eigenvalue weighted by atomic mass is 10.2. The molecule has 0 aromatic carbocycles. The molecule has 2 nitrogen and oxygen atoms in total. The molecule has 0 unspecified atom stereocenters. The van der Waals surface area contributed by atoms with Crippen molar-refractivity contribution in [3.8, 4) is 0 Å². The Labute approximate surface area is 169 Å². The van der Waals surface area contributed by atoms with E-state index in [1.54, 1.807) is 0 Å². The average Bonchev–Trinajstić information content (AvgIpc) is 2.43. The lowest BCUT2D eigenvalue weighted by Crippen LogP contribution is -2.73. The summed E-state index contributed by atoms with van der Waals surface area (Å²) >= 11 is 0. The maximum absolute atomic E-state index is 7.57. The van der Waals surface area contributed by atoms with E-state index in [4.69, 9.17) is 8.23 Å². The van der Waals surface area contributed by atoms with Crippen molar-refractivity contribution in [1.82, 2.24) is 0 Å². The van der Waals surface area contributed by atoms with E-state index in [0.29, 0.717) is 22.2 Å². The third-order valence-electron chi connectivity index (χ3n) is 6.42. The second-order valence-corrected chi connectivity index (χ2v) is 33.2. The molecule has 0 aliphatic carbocycles. The van der Waals surface area contributed by atoms with Gasteiger partial charge in [-0.3, -0.25) is 0 Å². The van der Waals surface area contributed by atoms with Gasteiger partial charge in [0.15, 0.2) is 0 Å². The van der Waals surface area contributed by atoms with Crippen molar-refractivity contribution < 1.29 is 8.23 Å². The minimum absolute atomic E-state index is 0.0697. The van der Waals surface area contributed by atoms with Gasteiger partial charge >= 0.3 is 8.56 Å². The molecule has 1 fully saturated rings. The monoisotopic (exact) mass is 434 g/mol. The summed E-state index contributed by atoms with van der Waals surface area (Å²) in [6, 6.07) is 0. The van der Waals surface area contributed by atoms with Crippen LogP contribution in [-0.4, -0.2) is 24.5 Å². The Kier molecular flexibility index (Phi) is 7.40. The van der Waals surface area contributed by atoms with E-state index >= 15 is 0 Å². The minimum atomic E-state index is -2.48. The van der Waals surface area contributed by atoms with Crippen LogP contribution in [-0.2, 0) is 8.23 Å². The van der Waals surface area contributed by atoms with Gasteiger partial charge in [-0.1, -0.05) is 105 Å². The lowest BCUT2D eigenvalue weighted by Gasteiger charge is -2.65. The van der Waals surface area contributed by atoms with Gasteiger partial charge in [-0.05, 0) is 22.2 Å². The van der Waals surface area contributed by atoms with Gasteiger partial charge in [0.05, 0.1) is 0 Å². The molecule has 1 aliphatic rings. The van der Waals surface area contributed by atoms with E-state index in [1.807, 2.05) is 0 Å². The van der Waals surface area contributed by atoms with Crippen molar-refractivity contribution in [2.45, 2.75) is 129 Å². The molecular weight excluding hydrogens is 387 g/mol. The van der Waals surface area contributed by atoms with Crippen molar-refractivity contribution in [1.29, 1.82) is 0 Å². The van der Waals surface area contributed by atoms with Gasteiger partial charge in [0.25, 0.3) is 0 Å². The van der Waals surface area contributed by atoms with Gasteiger partial charge in [0, 0.05) is 10.1 Å². The smallest absolute Gasteiger partial charge is 0.329 e. The highest BCUT2D eigenvalue weighted by Crippen LogP contribution is 2.68. The second-order valence-electron chi connectivity index (χ2n) is 11.7. The first-order valence-electron chi connectivity index (χ1n) is 10.6. The summed E-state index contributed by atoms with van der Waals surface area (Å²) in [6.07, 6.45) is 0. The molecule has 0 aromatic heterocycles. The zero-order valence-corrected chi connectivity index (χ0v) is 24.1. The quantitative estimate of drug-likeness (QED) is 0.327. The van der Waals surface area contributed by atoms with Crippen LogP contribution in [0.5, 0.6) is 0 Å². The van der Waals surface area contributed by atoms with Gasteiger partial charge < -0.3 is 8.23 Å². The summed E-state index contributed by atoms with van der Waals surface area (Å²) < 4.78 is 15.1. The predicted molar refractivity (Wildman–Crippen MR) is 128 cm³/mol. The van der Waals surface area contributed by atoms with Crippen LogP contribution >= 0.6 is 7.68 Å². The molecule has 156 valence electrons. The summed E-state index contributed by atoms with van der Waals surface area (Å²) in [6.45, 7) is 33.8. The summed E-state index contributed by atoms with van der Waals surface area (Å²) in [7, 11) is -5.39. The first-order valence-corrected chi connectivity index (χ1v) is 19.5. The SMILES string of the molecule is CC(C)[Si]1(C(C)C)O[Si](C(C)(C)C)(C(C)(C)C)O[Si](C(C)C)(C(C)C)P1. The first-order chi connectivity index (χ1) is 11.4. The van der Waals surface area contributed by atoms with E-state index in [-0.39, 0.29) is 10.1 Å². The van der Waals surface area contributed by atoms with Crippen molar-refractivity contribution in [3.05, 3.63) is 0 Å². The van der Waals surface area contributed by atoms with Crippen LogP contribution in [0.4, 0.5) is 0 Å². The third kappa shape index (κ3) is 3.87. The summed E-state index contributed by atoms with van der Waals surface area (Å²) in [5.41, 5.74) is 2.58. The Bertz CT molecular complexity index is 430. The Balaban J connectivity index is 3.89. The van der Waals surface area contributed by atoms with E-state index in [1.165, 1.54) is 0 Å². The molecule has 0 spiro atoms. The van der Waals surface area contributed by atoms with Gasteiger partial charge in [-0.25, -0.2) is 0 Å². The fourth-order valence-corrected chi connectivity index (χ4v) is 52.5. The molecule has 6 heteroatoms. The van der Waals surface area contributed by atoms with E-state index in [0.717, 1.165) is 7.68 Å². The Hall–Kier alpha value is 1.00. The van der Waals surface area contributed by atoms with Crippen molar-refractivity contribution in [3.63, 3.8) is 0 Å². The normalized spacial score (nSPS) is 23.3. The van der Waals surface area contributed by atoms with E-state index in [2.05, 4.69) is 96.9 Å². The largest absolute Gasteiger partial charge is 0.431 e. The summed E-state index contributed by atoms with van der Waals surface area (Å²) in [5.74, 6) is 0. The Morgan fingerprint density at radius 3 is 0.923 bits per heavy atom. The third-order valence-corrected chi connectivity index (χ3v) is 41.2.